The first kappa shape index (κ1) is 20.2. The van der Waals surface area contributed by atoms with Crippen LogP contribution in [0.4, 0.5) is 4.39 Å². The molecule has 7 heteroatoms. The summed E-state index contributed by atoms with van der Waals surface area (Å²) in [6.45, 7) is 4.12. The first-order valence-electron chi connectivity index (χ1n) is 9.78. The second-order valence-electron chi connectivity index (χ2n) is 7.21. The molecule has 1 saturated heterocycles. The van der Waals surface area contributed by atoms with Gasteiger partial charge in [-0.2, -0.15) is 5.26 Å². The van der Waals surface area contributed by atoms with Gasteiger partial charge >= 0.3 is 0 Å². The molecule has 0 saturated carbocycles. The maximum absolute atomic E-state index is 13.2. The van der Waals surface area contributed by atoms with Gasteiger partial charge in [0, 0.05) is 31.7 Å². The highest BCUT2D eigenvalue weighted by Gasteiger charge is 2.29. The highest BCUT2D eigenvalue weighted by atomic mass is 32.1. The van der Waals surface area contributed by atoms with Crippen LogP contribution in [0.3, 0.4) is 0 Å². The van der Waals surface area contributed by atoms with Crippen molar-refractivity contribution in [2.75, 3.05) is 26.2 Å². The molecule has 1 aromatic heterocycles. The lowest BCUT2D eigenvalue weighted by Crippen LogP contribution is -2.49. The number of aryl methyl sites for hydroxylation is 1. The fourth-order valence-electron chi connectivity index (χ4n) is 3.64. The number of aromatic nitrogens is 1. The average Bonchev–Trinajstić information content (AvgIpc) is 3.18. The molecule has 1 aliphatic rings. The fraction of sp³-hybridized carbons (Fsp3) is 0.261. The highest BCUT2D eigenvalue weighted by molar-refractivity contribution is 7.17. The average molecular weight is 421 g/mol. The largest absolute Gasteiger partial charge is 0.335 e. The Kier molecular flexibility index (Phi) is 5.88. The molecule has 0 radical (unpaired) electrons. The predicted molar refractivity (Wildman–Crippen MR) is 115 cm³/mol. The molecule has 1 aliphatic heterocycles. The number of hydrogen-bond donors (Lipinski definition) is 0. The number of nitrogens with zero attached hydrogens (tertiary/aromatic N) is 4. The zero-order valence-corrected chi connectivity index (χ0v) is 17.4. The minimum absolute atomic E-state index is 0.0119. The second-order valence-corrected chi connectivity index (χ2v) is 8.21. The van der Waals surface area contributed by atoms with E-state index in [2.05, 4.69) is 11.1 Å². The summed E-state index contributed by atoms with van der Waals surface area (Å²) in [7, 11) is 0. The van der Waals surface area contributed by atoms with Crippen LogP contribution in [0.25, 0.3) is 10.6 Å². The van der Waals surface area contributed by atoms with Gasteiger partial charge in [-0.15, -0.1) is 11.3 Å². The van der Waals surface area contributed by atoms with E-state index in [-0.39, 0.29) is 11.7 Å². The number of halogens is 1. The predicted octanol–water partition coefficient (Wildman–Crippen LogP) is 4.28. The van der Waals surface area contributed by atoms with Crippen LogP contribution in [0.2, 0.25) is 0 Å². The van der Waals surface area contributed by atoms with Crippen LogP contribution >= 0.6 is 11.3 Å². The van der Waals surface area contributed by atoms with Crippen LogP contribution in [0, 0.1) is 24.1 Å². The van der Waals surface area contributed by atoms with E-state index >= 15 is 0 Å². The molecule has 0 spiro atoms. The Bertz CT molecular complexity index is 1070. The molecule has 5 nitrogen and oxygen atoms in total. The molecule has 0 unspecified atom stereocenters. The normalized spacial score (nSPS) is 15.6. The Hall–Kier alpha value is -3.08. The van der Waals surface area contributed by atoms with E-state index in [9.17, 15) is 14.4 Å². The topological polar surface area (TPSA) is 60.2 Å². The van der Waals surface area contributed by atoms with Gasteiger partial charge in [0.1, 0.15) is 21.7 Å². The summed E-state index contributed by atoms with van der Waals surface area (Å²) in [6, 6.07) is 17.7. The molecule has 1 fully saturated rings. The molecule has 2 heterocycles. The number of nitriles is 1. The first-order valence-corrected chi connectivity index (χ1v) is 10.6. The van der Waals surface area contributed by atoms with Crippen LogP contribution in [0.15, 0.2) is 54.6 Å². The lowest BCUT2D eigenvalue weighted by atomic mass is 10.1. The standard InChI is InChI=1S/C23H21FN4OS/c1-16-21(30-22(26-16)18-5-3-2-4-6-18)23(29)28-13-11-27(12-14-28)20(15-25)17-7-9-19(24)10-8-17/h2-10,20H,11-14H2,1H3/t20-/m1/s1. The van der Waals surface area contributed by atoms with Gasteiger partial charge in [0.25, 0.3) is 5.91 Å². The minimum Gasteiger partial charge on any atom is -0.335 e. The number of carbonyl (C=O) groups is 1. The quantitative estimate of drug-likeness (QED) is 0.632. The third kappa shape index (κ3) is 4.11. The number of benzene rings is 2. The maximum Gasteiger partial charge on any atom is 0.265 e. The minimum atomic E-state index is -0.447. The van der Waals surface area contributed by atoms with Crippen molar-refractivity contribution in [2.24, 2.45) is 0 Å². The van der Waals surface area contributed by atoms with Gasteiger partial charge in [-0.05, 0) is 24.6 Å². The molecule has 0 N–H and O–H groups in total. The van der Waals surface area contributed by atoms with E-state index in [0.29, 0.717) is 31.1 Å². The molecule has 1 amide bonds. The third-order valence-electron chi connectivity index (χ3n) is 5.29. The van der Waals surface area contributed by atoms with E-state index in [0.717, 1.165) is 21.8 Å². The van der Waals surface area contributed by atoms with Crippen LogP contribution in [0.5, 0.6) is 0 Å². The zero-order valence-electron chi connectivity index (χ0n) is 16.6. The molecule has 1 atom stereocenters. The van der Waals surface area contributed by atoms with Gasteiger partial charge in [0.05, 0.1) is 11.8 Å². The summed E-state index contributed by atoms with van der Waals surface area (Å²) in [5, 5.41) is 10.5. The summed E-state index contributed by atoms with van der Waals surface area (Å²) in [6.07, 6.45) is 0. The van der Waals surface area contributed by atoms with E-state index in [1.165, 1.54) is 23.5 Å². The Morgan fingerprint density at radius 1 is 1.10 bits per heavy atom. The Balaban J connectivity index is 1.44. The number of carbonyl (C=O) groups excluding carboxylic acids is 1. The molecule has 4 rings (SSSR count). The van der Waals surface area contributed by atoms with Gasteiger partial charge in [0.2, 0.25) is 0 Å². The second kappa shape index (κ2) is 8.74. The lowest BCUT2D eigenvalue weighted by Gasteiger charge is -2.36. The van der Waals surface area contributed by atoms with Crippen LogP contribution in [0.1, 0.15) is 27.0 Å². The van der Waals surface area contributed by atoms with Gasteiger partial charge in [0.15, 0.2) is 0 Å². The van der Waals surface area contributed by atoms with Gasteiger partial charge in [-0.3, -0.25) is 9.69 Å². The van der Waals surface area contributed by atoms with Crippen molar-refractivity contribution in [1.82, 2.24) is 14.8 Å². The molecule has 30 heavy (non-hydrogen) atoms. The number of amides is 1. The molecule has 2 aromatic carbocycles. The van der Waals surface area contributed by atoms with Crippen molar-refractivity contribution in [3.63, 3.8) is 0 Å². The molecular weight excluding hydrogens is 399 g/mol. The Morgan fingerprint density at radius 2 is 1.77 bits per heavy atom. The first-order chi connectivity index (χ1) is 14.6. The van der Waals surface area contributed by atoms with Crippen molar-refractivity contribution in [3.8, 4) is 16.6 Å². The molecule has 152 valence electrons. The van der Waals surface area contributed by atoms with Gasteiger partial charge < -0.3 is 4.90 Å². The SMILES string of the molecule is Cc1nc(-c2ccccc2)sc1C(=O)N1CCN([C@H](C#N)c2ccc(F)cc2)CC1. The molecule has 3 aromatic rings. The summed E-state index contributed by atoms with van der Waals surface area (Å²) in [5.41, 5.74) is 2.52. The van der Waals surface area contributed by atoms with E-state index < -0.39 is 6.04 Å². The number of rotatable bonds is 4. The fourth-order valence-corrected chi connectivity index (χ4v) is 4.68. The van der Waals surface area contributed by atoms with Crippen LogP contribution < -0.4 is 0 Å². The van der Waals surface area contributed by atoms with Crippen molar-refractivity contribution in [2.45, 2.75) is 13.0 Å². The van der Waals surface area contributed by atoms with Gasteiger partial charge in [-0.25, -0.2) is 9.37 Å². The summed E-state index contributed by atoms with van der Waals surface area (Å²) in [5.74, 6) is -0.331. The monoisotopic (exact) mass is 420 g/mol. The lowest BCUT2D eigenvalue weighted by molar-refractivity contribution is 0.0610. The van der Waals surface area contributed by atoms with Gasteiger partial charge in [-0.1, -0.05) is 42.5 Å². The Morgan fingerprint density at radius 3 is 2.40 bits per heavy atom. The van der Waals surface area contributed by atoms with Crippen molar-refractivity contribution < 1.29 is 9.18 Å². The summed E-state index contributed by atoms with van der Waals surface area (Å²) < 4.78 is 13.2. The van der Waals surface area contributed by atoms with Crippen LogP contribution in [-0.4, -0.2) is 46.9 Å². The highest BCUT2D eigenvalue weighted by Crippen LogP contribution is 2.29. The van der Waals surface area contributed by atoms with Crippen molar-refractivity contribution in [1.29, 1.82) is 5.26 Å². The maximum atomic E-state index is 13.2. The zero-order chi connectivity index (χ0) is 21.1. The Labute approximate surface area is 179 Å². The van der Waals surface area contributed by atoms with E-state index in [1.807, 2.05) is 47.1 Å². The van der Waals surface area contributed by atoms with E-state index in [4.69, 9.17) is 0 Å². The number of hydrogen-bond acceptors (Lipinski definition) is 5. The third-order valence-corrected chi connectivity index (χ3v) is 6.48. The summed E-state index contributed by atoms with van der Waals surface area (Å²) in [4.78, 5) is 22.2. The van der Waals surface area contributed by atoms with Crippen molar-refractivity contribution >= 4 is 17.2 Å². The smallest absolute Gasteiger partial charge is 0.265 e. The number of thiazole rings is 1. The molecule has 0 aliphatic carbocycles. The van der Waals surface area contributed by atoms with Crippen molar-refractivity contribution in [3.05, 3.63) is 76.5 Å². The molecular formula is C23H21FN4OS. The molecule has 0 bridgehead atoms. The van der Waals surface area contributed by atoms with Crippen LogP contribution in [-0.2, 0) is 0 Å². The summed E-state index contributed by atoms with van der Waals surface area (Å²) >= 11 is 1.42. The number of piperazine rings is 1. The van der Waals surface area contributed by atoms with E-state index in [1.54, 1.807) is 12.1 Å².